The van der Waals surface area contributed by atoms with E-state index in [1.807, 2.05) is 0 Å². The van der Waals surface area contributed by atoms with Crippen molar-refractivity contribution >= 4 is 28.8 Å². The minimum Gasteiger partial charge on any atom is -0.477 e. The average molecular weight is 284 g/mol. The fourth-order valence-corrected chi connectivity index (χ4v) is 2.18. The first-order chi connectivity index (χ1) is 8.66. The fraction of sp³-hybridized carbons (Fsp3) is 0.300. The van der Waals surface area contributed by atoms with Gasteiger partial charge in [-0.2, -0.15) is 5.10 Å². The number of thiocarbonyl (C=S) groups is 1. The van der Waals surface area contributed by atoms with Crippen molar-refractivity contribution in [3.8, 4) is 11.7 Å². The molecular formula is C10H10ClN5OS. The van der Waals surface area contributed by atoms with Crippen LogP contribution in [0.3, 0.4) is 0 Å². The summed E-state index contributed by atoms with van der Waals surface area (Å²) in [6, 6.07) is 0. The summed E-state index contributed by atoms with van der Waals surface area (Å²) in [6.45, 7) is 1.45. The lowest BCUT2D eigenvalue weighted by atomic mass is 10.4. The summed E-state index contributed by atoms with van der Waals surface area (Å²) in [6.07, 6.45) is 4.20. The van der Waals surface area contributed by atoms with Crippen LogP contribution < -0.4 is 10.5 Å². The normalized spacial score (nSPS) is 14.1. The van der Waals surface area contributed by atoms with Gasteiger partial charge in [0, 0.05) is 24.7 Å². The molecule has 8 heteroatoms. The first-order valence-electron chi connectivity index (χ1n) is 5.41. The first kappa shape index (κ1) is 11.5. The predicted octanol–water partition coefficient (Wildman–Crippen LogP) is 1.14. The van der Waals surface area contributed by atoms with Gasteiger partial charge in [-0.15, -0.1) is 5.10 Å². The van der Waals surface area contributed by atoms with Gasteiger partial charge in [0.15, 0.2) is 5.82 Å². The highest BCUT2D eigenvalue weighted by molar-refractivity contribution is 7.80. The Labute approximate surface area is 113 Å². The molecule has 1 aliphatic rings. The molecule has 3 heterocycles. The first-order valence-corrected chi connectivity index (χ1v) is 6.19. The van der Waals surface area contributed by atoms with E-state index in [1.165, 1.54) is 0 Å². The molecular weight excluding hydrogens is 274 g/mol. The molecule has 0 aliphatic carbocycles. The summed E-state index contributed by atoms with van der Waals surface area (Å²) in [5.41, 5.74) is 6.21. The molecule has 0 amide bonds. The number of ether oxygens (including phenoxy) is 1. The third kappa shape index (κ3) is 1.75. The highest BCUT2D eigenvalue weighted by Gasteiger charge is 2.22. The molecule has 18 heavy (non-hydrogen) atoms. The van der Waals surface area contributed by atoms with E-state index in [1.54, 1.807) is 21.8 Å². The molecule has 0 saturated carbocycles. The van der Waals surface area contributed by atoms with Gasteiger partial charge >= 0.3 is 0 Å². The molecule has 0 radical (unpaired) electrons. The van der Waals surface area contributed by atoms with Crippen molar-refractivity contribution in [3.63, 3.8) is 0 Å². The Bertz CT molecular complexity index is 620. The maximum atomic E-state index is 6.23. The highest BCUT2D eigenvalue weighted by Crippen LogP contribution is 2.32. The Morgan fingerprint density at radius 1 is 1.56 bits per heavy atom. The van der Waals surface area contributed by atoms with E-state index in [-0.39, 0.29) is 4.99 Å². The number of halogens is 1. The van der Waals surface area contributed by atoms with Crippen LogP contribution in [0.5, 0.6) is 5.88 Å². The third-order valence-corrected chi connectivity index (χ3v) is 3.24. The minimum absolute atomic E-state index is 0.289. The number of nitrogens with two attached hydrogens (primary N) is 1. The molecule has 1 aliphatic heterocycles. The van der Waals surface area contributed by atoms with Gasteiger partial charge in [-0.25, -0.2) is 9.36 Å². The van der Waals surface area contributed by atoms with Crippen LogP contribution in [0.2, 0.25) is 5.02 Å². The van der Waals surface area contributed by atoms with Crippen molar-refractivity contribution in [1.82, 2.24) is 19.6 Å². The molecule has 3 rings (SSSR count). The maximum absolute atomic E-state index is 6.23. The van der Waals surface area contributed by atoms with Gasteiger partial charge in [-0.1, -0.05) is 23.8 Å². The van der Waals surface area contributed by atoms with Crippen molar-refractivity contribution in [3.05, 3.63) is 23.0 Å². The molecule has 0 spiro atoms. The summed E-state index contributed by atoms with van der Waals surface area (Å²) in [5, 5.41) is 8.97. The predicted molar refractivity (Wildman–Crippen MR) is 70.4 cm³/mol. The van der Waals surface area contributed by atoms with Crippen LogP contribution in [-0.4, -0.2) is 31.2 Å². The van der Waals surface area contributed by atoms with Gasteiger partial charge in [-0.3, -0.25) is 0 Å². The summed E-state index contributed by atoms with van der Waals surface area (Å²) >= 11 is 11.1. The van der Waals surface area contributed by atoms with Crippen LogP contribution in [0.1, 0.15) is 12.0 Å². The number of fused-ring (bicyclic) bond motifs is 1. The maximum Gasteiger partial charge on any atom is 0.233 e. The van der Waals surface area contributed by atoms with Crippen molar-refractivity contribution in [2.24, 2.45) is 5.73 Å². The Morgan fingerprint density at radius 3 is 3.06 bits per heavy atom. The van der Waals surface area contributed by atoms with E-state index in [0.29, 0.717) is 28.9 Å². The molecule has 0 atom stereocenters. The summed E-state index contributed by atoms with van der Waals surface area (Å²) < 4.78 is 8.77. The lowest BCUT2D eigenvalue weighted by Crippen LogP contribution is -2.14. The number of aromatic nitrogens is 4. The second kappa shape index (κ2) is 4.25. The fourth-order valence-electron chi connectivity index (χ4n) is 1.80. The SMILES string of the molecule is NC(=S)c1cnn(-c2nn3c(c2Cl)OCCC3)c1. The molecule has 0 fully saturated rings. The van der Waals surface area contributed by atoms with Crippen LogP contribution in [0, 0.1) is 0 Å². The Kier molecular flexibility index (Phi) is 2.71. The van der Waals surface area contributed by atoms with E-state index in [4.69, 9.17) is 34.3 Å². The van der Waals surface area contributed by atoms with Gasteiger partial charge < -0.3 is 10.5 Å². The van der Waals surface area contributed by atoms with E-state index >= 15 is 0 Å². The largest absolute Gasteiger partial charge is 0.477 e. The molecule has 6 nitrogen and oxygen atoms in total. The summed E-state index contributed by atoms with van der Waals surface area (Å²) in [7, 11) is 0. The zero-order valence-electron chi connectivity index (χ0n) is 9.34. The quantitative estimate of drug-likeness (QED) is 0.837. The topological polar surface area (TPSA) is 70.9 Å². The molecule has 0 unspecified atom stereocenters. The van der Waals surface area contributed by atoms with E-state index in [9.17, 15) is 0 Å². The number of rotatable bonds is 2. The molecule has 2 aromatic rings. The van der Waals surface area contributed by atoms with Crippen molar-refractivity contribution in [2.75, 3.05) is 6.61 Å². The second-order valence-corrected chi connectivity index (χ2v) is 4.72. The molecule has 94 valence electrons. The zero-order chi connectivity index (χ0) is 12.7. The van der Waals surface area contributed by atoms with Crippen molar-refractivity contribution < 1.29 is 4.74 Å². The zero-order valence-corrected chi connectivity index (χ0v) is 10.9. The second-order valence-electron chi connectivity index (χ2n) is 3.91. The molecule has 2 aromatic heterocycles. The van der Waals surface area contributed by atoms with Gasteiger partial charge in [0.2, 0.25) is 5.88 Å². The summed E-state index contributed by atoms with van der Waals surface area (Å²) in [4.78, 5) is 0.289. The molecule has 0 bridgehead atoms. The molecule has 0 aromatic carbocycles. The number of nitrogens with zero attached hydrogens (tertiary/aromatic N) is 4. The van der Waals surface area contributed by atoms with E-state index in [2.05, 4.69) is 10.2 Å². The van der Waals surface area contributed by atoms with Crippen LogP contribution in [0.4, 0.5) is 0 Å². The van der Waals surface area contributed by atoms with E-state index in [0.717, 1.165) is 13.0 Å². The van der Waals surface area contributed by atoms with Crippen molar-refractivity contribution in [1.29, 1.82) is 0 Å². The summed E-state index contributed by atoms with van der Waals surface area (Å²) in [5.74, 6) is 1.11. The van der Waals surface area contributed by atoms with Crippen LogP contribution >= 0.6 is 23.8 Å². The minimum atomic E-state index is 0.289. The standard InChI is InChI=1S/C10H10ClN5OS/c11-7-9(14-15-2-1-3-17-10(7)15)16-5-6(4-13-16)8(12)18/h4-5H,1-3H2,(H2,12,18). The van der Waals surface area contributed by atoms with Crippen LogP contribution in [0.15, 0.2) is 12.4 Å². The Morgan fingerprint density at radius 2 is 2.39 bits per heavy atom. The smallest absolute Gasteiger partial charge is 0.233 e. The van der Waals surface area contributed by atoms with Crippen LogP contribution in [-0.2, 0) is 6.54 Å². The monoisotopic (exact) mass is 283 g/mol. The van der Waals surface area contributed by atoms with E-state index < -0.39 is 0 Å². The number of hydrogen-bond donors (Lipinski definition) is 1. The van der Waals surface area contributed by atoms with Gasteiger partial charge in [0.05, 0.1) is 12.8 Å². The number of hydrogen-bond acceptors (Lipinski definition) is 4. The lowest BCUT2D eigenvalue weighted by molar-refractivity contribution is 0.230. The van der Waals surface area contributed by atoms with Gasteiger partial charge in [0.1, 0.15) is 10.0 Å². The number of aryl methyl sites for hydroxylation is 1. The Hall–Kier alpha value is -1.60. The van der Waals surface area contributed by atoms with Gasteiger partial charge in [-0.05, 0) is 0 Å². The Balaban J connectivity index is 2.05. The third-order valence-electron chi connectivity index (χ3n) is 2.67. The molecule has 2 N–H and O–H groups in total. The van der Waals surface area contributed by atoms with Crippen molar-refractivity contribution in [2.45, 2.75) is 13.0 Å². The highest BCUT2D eigenvalue weighted by atomic mass is 35.5. The van der Waals surface area contributed by atoms with Crippen LogP contribution in [0.25, 0.3) is 5.82 Å². The lowest BCUT2D eigenvalue weighted by Gasteiger charge is -2.13. The van der Waals surface area contributed by atoms with Gasteiger partial charge in [0.25, 0.3) is 0 Å². The average Bonchev–Trinajstić information content (AvgIpc) is 2.95. The molecule has 0 saturated heterocycles.